The van der Waals surface area contributed by atoms with Gasteiger partial charge in [-0.1, -0.05) is 46.5 Å². The van der Waals surface area contributed by atoms with Gasteiger partial charge < -0.3 is 21.1 Å². The molecule has 2 rings (SSSR count). The average Bonchev–Trinajstić information content (AvgIpc) is 2.69. The van der Waals surface area contributed by atoms with Crippen LogP contribution in [0.5, 0.6) is 0 Å². The Morgan fingerprint density at radius 2 is 1.73 bits per heavy atom. The molecule has 2 aliphatic rings. The van der Waals surface area contributed by atoms with Gasteiger partial charge in [0.1, 0.15) is 0 Å². The Labute approximate surface area is 183 Å². The lowest BCUT2D eigenvalue weighted by atomic mass is 9.56. The molecule has 2 aliphatic carbocycles. The van der Waals surface area contributed by atoms with Crippen LogP contribution in [0.4, 0.5) is 0 Å². The quantitative estimate of drug-likeness (QED) is 0.375. The third-order valence-corrected chi connectivity index (χ3v) is 8.35. The lowest BCUT2D eigenvalue weighted by molar-refractivity contribution is -0.134. The first-order valence-electron chi connectivity index (χ1n) is 12.5. The molecule has 2 saturated carbocycles. The van der Waals surface area contributed by atoms with E-state index in [0.717, 1.165) is 38.5 Å². The number of unbranched alkanes of at least 4 members (excludes halogenated alkanes) is 3. The van der Waals surface area contributed by atoms with Crippen LogP contribution in [0.2, 0.25) is 0 Å². The Hall–Kier alpha value is -0.650. The molecule has 7 atom stereocenters. The summed E-state index contributed by atoms with van der Waals surface area (Å²) in [6, 6.07) is 0. The summed E-state index contributed by atoms with van der Waals surface area (Å²) in [5.74, 6) is 0.208. The normalized spacial score (nSPS) is 35.3. The third-order valence-electron chi connectivity index (χ3n) is 8.35. The minimum atomic E-state index is -0.427. The van der Waals surface area contributed by atoms with E-state index in [1.165, 1.54) is 19.3 Å². The van der Waals surface area contributed by atoms with E-state index in [4.69, 9.17) is 5.73 Å². The zero-order valence-corrected chi connectivity index (χ0v) is 19.6. The number of aliphatic hydroxyl groups is 3. The molecule has 1 amide bonds. The number of aliphatic hydroxyl groups excluding tert-OH is 3. The molecule has 5 heteroatoms. The zero-order valence-electron chi connectivity index (χ0n) is 19.6. The van der Waals surface area contributed by atoms with E-state index < -0.39 is 6.10 Å². The second-order valence-corrected chi connectivity index (χ2v) is 10.9. The minimum Gasteiger partial charge on any atom is -0.396 e. The molecule has 176 valence electrons. The lowest BCUT2D eigenvalue weighted by Crippen LogP contribution is -2.50. The maximum Gasteiger partial charge on any atom is 0.220 e. The van der Waals surface area contributed by atoms with Gasteiger partial charge >= 0.3 is 0 Å². The molecule has 30 heavy (non-hydrogen) atoms. The Morgan fingerprint density at radius 3 is 2.37 bits per heavy atom. The van der Waals surface area contributed by atoms with E-state index in [1.54, 1.807) is 0 Å². The first kappa shape index (κ1) is 25.6. The summed E-state index contributed by atoms with van der Waals surface area (Å²) in [5, 5.41) is 30.8. The average molecular weight is 426 g/mol. The van der Waals surface area contributed by atoms with Gasteiger partial charge in [-0.05, 0) is 80.5 Å². The fraction of sp³-hybridized carbons (Fsp3) is 0.960. The molecule has 0 radical (unpaired) electrons. The van der Waals surface area contributed by atoms with Gasteiger partial charge in [-0.15, -0.1) is 0 Å². The maximum absolute atomic E-state index is 12.5. The largest absolute Gasteiger partial charge is 0.396 e. The zero-order chi connectivity index (χ0) is 22.3. The predicted molar refractivity (Wildman–Crippen MR) is 121 cm³/mol. The maximum atomic E-state index is 12.5. The van der Waals surface area contributed by atoms with Crippen molar-refractivity contribution in [1.82, 2.24) is 0 Å². The number of carbonyl (C=O) groups is 1. The van der Waals surface area contributed by atoms with Crippen LogP contribution in [-0.2, 0) is 4.79 Å². The van der Waals surface area contributed by atoms with Crippen molar-refractivity contribution in [2.45, 2.75) is 110 Å². The SMILES string of the molecule is CCCCCCC(C)(C)C1CC(C(N)=O)C(C2CC(O)CCC2CCCO)CC1O. The minimum absolute atomic E-state index is 0.0196. The number of carbonyl (C=O) groups excluding carboxylic acids is 1. The molecule has 2 fully saturated rings. The first-order chi connectivity index (χ1) is 14.2. The summed E-state index contributed by atoms with van der Waals surface area (Å²) < 4.78 is 0. The first-order valence-corrected chi connectivity index (χ1v) is 12.5. The third kappa shape index (κ3) is 6.67. The van der Waals surface area contributed by atoms with Crippen molar-refractivity contribution in [2.24, 2.45) is 40.7 Å². The van der Waals surface area contributed by atoms with Crippen LogP contribution in [0.1, 0.15) is 97.8 Å². The number of hydrogen-bond acceptors (Lipinski definition) is 4. The van der Waals surface area contributed by atoms with Gasteiger partial charge in [0.15, 0.2) is 0 Å². The van der Waals surface area contributed by atoms with E-state index in [2.05, 4.69) is 20.8 Å². The van der Waals surface area contributed by atoms with Crippen LogP contribution in [0.15, 0.2) is 0 Å². The Kier molecular flexibility index (Phi) is 10.1. The molecular formula is C25H47NO4. The molecule has 0 spiro atoms. The van der Waals surface area contributed by atoms with Gasteiger partial charge in [0.25, 0.3) is 0 Å². The molecule has 7 unspecified atom stereocenters. The molecule has 0 aliphatic heterocycles. The molecule has 0 bridgehead atoms. The number of primary amides is 1. The molecule has 0 aromatic rings. The topological polar surface area (TPSA) is 104 Å². The summed E-state index contributed by atoms with van der Waals surface area (Å²) in [7, 11) is 0. The summed E-state index contributed by atoms with van der Waals surface area (Å²) in [5.41, 5.74) is 5.89. The van der Waals surface area contributed by atoms with E-state index in [0.29, 0.717) is 25.2 Å². The van der Waals surface area contributed by atoms with Crippen molar-refractivity contribution in [1.29, 1.82) is 0 Å². The molecular weight excluding hydrogens is 378 g/mol. The van der Waals surface area contributed by atoms with Crippen molar-refractivity contribution in [3.8, 4) is 0 Å². The van der Waals surface area contributed by atoms with Crippen molar-refractivity contribution < 1.29 is 20.1 Å². The van der Waals surface area contributed by atoms with Gasteiger partial charge in [-0.25, -0.2) is 0 Å². The predicted octanol–water partition coefficient (Wildman–Crippen LogP) is 4.02. The Morgan fingerprint density at radius 1 is 1.00 bits per heavy atom. The highest BCUT2D eigenvalue weighted by Crippen LogP contribution is 2.51. The van der Waals surface area contributed by atoms with Crippen LogP contribution >= 0.6 is 0 Å². The van der Waals surface area contributed by atoms with Crippen molar-refractivity contribution in [3.63, 3.8) is 0 Å². The number of amides is 1. The van der Waals surface area contributed by atoms with E-state index in [-0.39, 0.29) is 47.7 Å². The number of nitrogens with two attached hydrogens (primary N) is 1. The Balaban J connectivity index is 2.14. The highest BCUT2D eigenvalue weighted by Gasteiger charge is 2.49. The van der Waals surface area contributed by atoms with Crippen LogP contribution in [0, 0.1) is 35.0 Å². The second-order valence-electron chi connectivity index (χ2n) is 10.9. The highest BCUT2D eigenvalue weighted by molar-refractivity contribution is 5.77. The van der Waals surface area contributed by atoms with Crippen molar-refractivity contribution in [3.05, 3.63) is 0 Å². The van der Waals surface area contributed by atoms with Gasteiger partial charge in [-0.2, -0.15) is 0 Å². The molecule has 5 N–H and O–H groups in total. The van der Waals surface area contributed by atoms with Gasteiger partial charge in [0, 0.05) is 12.5 Å². The fourth-order valence-corrected chi connectivity index (χ4v) is 6.53. The molecule has 0 saturated heterocycles. The Bertz CT molecular complexity index is 521. The summed E-state index contributed by atoms with van der Waals surface area (Å²) >= 11 is 0. The van der Waals surface area contributed by atoms with E-state index in [9.17, 15) is 20.1 Å². The number of rotatable bonds is 11. The van der Waals surface area contributed by atoms with E-state index >= 15 is 0 Å². The second kappa shape index (κ2) is 11.8. The summed E-state index contributed by atoms with van der Waals surface area (Å²) in [4.78, 5) is 12.5. The van der Waals surface area contributed by atoms with Gasteiger partial charge in [0.05, 0.1) is 12.2 Å². The molecule has 0 aromatic heterocycles. The molecule has 0 aromatic carbocycles. The molecule has 0 heterocycles. The smallest absolute Gasteiger partial charge is 0.220 e. The lowest BCUT2D eigenvalue weighted by Gasteiger charge is -2.50. The highest BCUT2D eigenvalue weighted by atomic mass is 16.3. The van der Waals surface area contributed by atoms with Gasteiger partial charge in [-0.3, -0.25) is 4.79 Å². The van der Waals surface area contributed by atoms with Crippen molar-refractivity contribution >= 4 is 5.91 Å². The van der Waals surface area contributed by atoms with Crippen LogP contribution in [0.3, 0.4) is 0 Å². The number of hydrogen-bond donors (Lipinski definition) is 4. The fourth-order valence-electron chi connectivity index (χ4n) is 6.53. The summed E-state index contributed by atoms with van der Waals surface area (Å²) in [6.45, 7) is 6.86. The van der Waals surface area contributed by atoms with Crippen molar-refractivity contribution in [2.75, 3.05) is 6.61 Å². The van der Waals surface area contributed by atoms with E-state index in [1.807, 2.05) is 0 Å². The standard InChI is InChI=1S/C25H47NO4/c1-4-5-6-7-12-25(2,3)22-15-21(24(26)30)20(16-23(22)29)19-14-18(28)11-10-17(19)9-8-13-27/h17-23,27-29H,4-16H2,1-3H3,(H2,26,30). The van der Waals surface area contributed by atoms with Gasteiger partial charge in [0.2, 0.25) is 5.91 Å². The summed E-state index contributed by atoms with van der Waals surface area (Å²) in [6.07, 6.45) is 10.5. The van der Waals surface area contributed by atoms with Crippen LogP contribution in [0.25, 0.3) is 0 Å². The van der Waals surface area contributed by atoms with Crippen LogP contribution < -0.4 is 5.73 Å². The van der Waals surface area contributed by atoms with Crippen LogP contribution in [-0.4, -0.2) is 40.0 Å². The molecule has 5 nitrogen and oxygen atoms in total. The monoisotopic (exact) mass is 425 g/mol.